The summed E-state index contributed by atoms with van der Waals surface area (Å²) in [4.78, 5) is 13.3. The number of carbonyl (C=O) groups is 1. The smallest absolute Gasteiger partial charge is 0.168 e. The zero-order valence-electron chi connectivity index (χ0n) is 16.6. The highest BCUT2D eigenvalue weighted by atomic mass is 16.1. The normalized spacial score (nSPS) is 13.1. The molecule has 2 nitrogen and oxygen atoms in total. The van der Waals surface area contributed by atoms with Crippen LogP contribution in [0.15, 0.2) is 110 Å². The molecule has 0 aliphatic heterocycles. The molecule has 0 aliphatic rings. The fourth-order valence-electron chi connectivity index (χ4n) is 3.37. The molecule has 2 atom stereocenters. The van der Waals surface area contributed by atoms with Gasteiger partial charge < -0.3 is 5.32 Å². The number of allylic oxidation sites excluding steroid dienone is 1. The minimum absolute atomic E-state index is 0.110. The van der Waals surface area contributed by atoms with E-state index in [0.29, 0.717) is 13.0 Å². The molecule has 2 heteroatoms. The highest BCUT2D eigenvalue weighted by Gasteiger charge is 2.26. The first-order valence-corrected chi connectivity index (χ1v) is 9.98. The van der Waals surface area contributed by atoms with Crippen LogP contribution in [0.1, 0.15) is 27.9 Å². The van der Waals surface area contributed by atoms with Crippen molar-refractivity contribution in [1.29, 1.82) is 0 Å². The molecular weight excluding hydrogens is 354 g/mol. The summed E-state index contributed by atoms with van der Waals surface area (Å²) in [6.07, 6.45) is 6.63. The Morgan fingerprint density at radius 1 is 0.862 bits per heavy atom. The number of benzene rings is 3. The van der Waals surface area contributed by atoms with Gasteiger partial charge in [-0.25, -0.2) is 0 Å². The van der Waals surface area contributed by atoms with Crippen LogP contribution in [-0.4, -0.2) is 11.8 Å². The van der Waals surface area contributed by atoms with Crippen molar-refractivity contribution in [1.82, 2.24) is 5.32 Å². The molecule has 3 aromatic rings. The summed E-state index contributed by atoms with van der Waals surface area (Å²) in [5.41, 5.74) is 3.04. The van der Waals surface area contributed by atoms with Crippen molar-refractivity contribution >= 4 is 11.9 Å². The van der Waals surface area contributed by atoms with Crippen LogP contribution in [0.5, 0.6) is 0 Å². The average Bonchev–Trinajstić information content (AvgIpc) is 2.79. The third-order valence-electron chi connectivity index (χ3n) is 4.93. The van der Waals surface area contributed by atoms with Crippen LogP contribution in [0, 0.1) is 5.92 Å². The topological polar surface area (TPSA) is 29.1 Å². The third-order valence-corrected chi connectivity index (χ3v) is 4.93. The summed E-state index contributed by atoms with van der Waals surface area (Å²) in [6, 6.07) is 29.8. The lowest BCUT2D eigenvalue weighted by Crippen LogP contribution is -2.38. The van der Waals surface area contributed by atoms with Crippen molar-refractivity contribution in [3.05, 3.63) is 126 Å². The number of Topliss-reactive ketones (excluding diaryl/α,β-unsaturated/α-hetero) is 1. The van der Waals surface area contributed by atoms with Crippen LogP contribution in [-0.2, 0) is 6.54 Å². The van der Waals surface area contributed by atoms with Gasteiger partial charge in [0, 0.05) is 24.1 Å². The fourth-order valence-corrected chi connectivity index (χ4v) is 3.37. The maximum absolute atomic E-state index is 13.3. The van der Waals surface area contributed by atoms with Crippen molar-refractivity contribution in [3.8, 4) is 0 Å². The van der Waals surface area contributed by atoms with E-state index in [2.05, 4.69) is 48.3 Å². The second-order valence-electron chi connectivity index (χ2n) is 7.02. The number of rotatable bonds is 10. The third kappa shape index (κ3) is 6.13. The zero-order valence-corrected chi connectivity index (χ0v) is 16.6. The summed E-state index contributed by atoms with van der Waals surface area (Å²) in [5, 5.41) is 3.59. The average molecular weight is 382 g/mol. The number of carbonyl (C=O) groups excluding carboxylic acids is 1. The van der Waals surface area contributed by atoms with Gasteiger partial charge in [-0.15, -0.1) is 6.58 Å². The van der Waals surface area contributed by atoms with E-state index in [9.17, 15) is 4.79 Å². The molecule has 146 valence electrons. The minimum Gasteiger partial charge on any atom is -0.306 e. The summed E-state index contributed by atoms with van der Waals surface area (Å²) < 4.78 is 0. The summed E-state index contributed by atoms with van der Waals surface area (Å²) >= 11 is 0. The molecule has 0 fully saturated rings. The highest BCUT2D eigenvalue weighted by Crippen LogP contribution is 2.20. The Bertz CT molecular complexity index is 917. The van der Waals surface area contributed by atoms with Gasteiger partial charge in [0.25, 0.3) is 0 Å². The van der Waals surface area contributed by atoms with E-state index in [1.54, 1.807) is 0 Å². The molecule has 29 heavy (non-hydrogen) atoms. The highest BCUT2D eigenvalue weighted by molar-refractivity contribution is 5.98. The van der Waals surface area contributed by atoms with Crippen molar-refractivity contribution in [2.75, 3.05) is 0 Å². The van der Waals surface area contributed by atoms with E-state index in [1.807, 2.05) is 72.8 Å². The molecular formula is C27H27NO. The van der Waals surface area contributed by atoms with Gasteiger partial charge in [0.05, 0.1) is 0 Å². The van der Waals surface area contributed by atoms with Gasteiger partial charge in [-0.2, -0.15) is 0 Å². The van der Waals surface area contributed by atoms with Crippen molar-refractivity contribution in [2.24, 2.45) is 5.92 Å². The number of hydrogen-bond acceptors (Lipinski definition) is 2. The fraction of sp³-hybridized carbons (Fsp3) is 0.148. The lowest BCUT2D eigenvalue weighted by atomic mass is 9.87. The van der Waals surface area contributed by atoms with Gasteiger partial charge in [-0.1, -0.05) is 109 Å². The monoisotopic (exact) mass is 381 g/mol. The van der Waals surface area contributed by atoms with Crippen LogP contribution in [0.3, 0.4) is 0 Å². The summed E-state index contributed by atoms with van der Waals surface area (Å²) in [5.74, 6) is -0.0904. The number of hydrogen-bond donors (Lipinski definition) is 1. The second kappa shape index (κ2) is 10.9. The zero-order chi connectivity index (χ0) is 20.3. The molecule has 0 heterocycles. The molecule has 0 aromatic heterocycles. The molecule has 0 unspecified atom stereocenters. The molecule has 3 rings (SSSR count). The quantitative estimate of drug-likeness (QED) is 0.348. The van der Waals surface area contributed by atoms with Crippen molar-refractivity contribution in [2.45, 2.75) is 19.0 Å². The SMILES string of the molecule is C=CC[C@H](C(=O)c1ccccc1)[C@H](/C=C/c1ccccc1)NCc1ccccc1. The van der Waals surface area contributed by atoms with Crippen molar-refractivity contribution < 1.29 is 4.79 Å². The van der Waals surface area contributed by atoms with Gasteiger partial charge in [-0.3, -0.25) is 4.79 Å². The number of nitrogens with one attached hydrogen (secondary N) is 1. The number of ketones is 1. The molecule has 3 aromatic carbocycles. The predicted molar refractivity (Wildman–Crippen MR) is 122 cm³/mol. The van der Waals surface area contributed by atoms with E-state index in [0.717, 1.165) is 11.1 Å². The largest absolute Gasteiger partial charge is 0.306 e. The summed E-state index contributed by atoms with van der Waals surface area (Å²) in [7, 11) is 0. The molecule has 0 saturated carbocycles. The van der Waals surface area contributed by atoms with Crippen LogP contribution in [0.4, 0.5) is 0 Å². The Kier molecular flexibility index (Phi) is 7.73. The minimum atomic E-state index is -0.224. The molecule has 1 N–H and O–H groups in total. The molecule has 0 radical (unpaired) electrons. The maximum Gasteiger partial charge on any atom is 0.168 e. The van der Waals surface area contributed by atoms with Crippen molar-refractivity contribution in [3.63, 3.8) is 0 Å². The lowest BCUT2D eigenvalue weighted by Gasteiger charge is -2.24. The van der Waals surface area contributed by atoms with Gasteiger partial charge in [0.1, 0.15) is 0 Å². The Balaban J connectivity index is 1.86. The summed E-state index contributed by atoms with van der Waals surface area (Å²) in [6.45, 7) is 4.59. The standard InChI is InChI=1S/C27H27NO/c1-2-12-25(27(29)24-17-10-5-11-18-24)26(20-19-22-13-6-3-7-14-22)28-21-23-15-8-4-9-16-23/h2-11,13-20,25-26,28H,1,12,21H2/b20-19+/t25-,26-/m0/s1. The van der Waals surface area contributed by atoms with Gasteiger partial charge in [0.2, 0.25) is 0 Å². The maximum atomic E-state index is 13.3. The first kappa shape index (κ1) is 20.5. The Hall–Kier alpha value is -3.23. The van der Waals surface area contributed by atoms with E-state index in [1.165, 1.54) is 5.56 Å². The molecule has 0 spiro atoms. The Morgan fingerprint density at radius 2 is 1.45 bits per heavy atom. The molecule has 0 amide bonds. The predicted octanol–water partition coefficient (Wildman–Crippen LogP) is 5.93. The molecule has 0 saturated heterocycles. The van der Waals surface area contributed by atoms with E-state index >= 15 is 0 Å². The van der Waals surface area contributed by atoms with Crippen LogP contribution in [0.25, 0.3) is 6.08 Å². The van der Waals surface area contributed by atoms with Crippen LogP contribution >= 0.6 is 0 Å². The second-order valence-corrected chi connectivity index (χ2v) is 7.02. The van der Waals surface area contributed by atoms with E-state index in [4.69, 9.17) is 0 Å². The van der Waals surface area contributed by atoms with Gasteiger partial charge in [0.15, 0.2) is 5.78 Å². The lowest BCUT2D eigenvalue weighted by molar-refractivity contribution is 0.0903. The Labute approximate surface area is 173 Å². The van der Waals surface area contributed by atoms with Crippen LogP contribution in [0.2, 0.25) is 0 Å². The Morgan fingerprint density at radius 3 is 2.07 bits per heavy atom. The van der Waals surface area contributed by atoms with Crippen LogP contribution < -0.4 is 5.32 Å². The van der Waals surface area contributed by atoms with Gasteiger partial charge >= 0.3 is 0 Å². The molecule has 0 aliphatic carbocycles. The first-order valence-electron chi connectivity index (χ1n) is 9.98. The molecule has 0 bridgehead atoms. The van der Waals surface area contributed by atoms with E-state index < -0.39 is 0 Å². The van der Waals surface area contributed by atoms with Gasteiger partial charge in [-0.05, 0) is 17.5 Å². The van der Waals surface area contributed by atoms with E-state index in [-0.39, 0.29) is 17.7 Å². The first-order chi connectivity index (χ1) is 14.3.